The molecule has 24 heavy (non-hydrogen) atoms. The molecular weight excluding hydrogens is 322 g/mol. The molecule has 1 amide bonds. The molecule has 0 aliphatic rings. The molecule has 2 aromatic rings. The summed E-state index contributed by atoms with van der Waals surface area (Å²) < 4.78 is 0. The number of nitrogens with one attached hydrogen (secondary N) is 2. The van der Waals surface area contributed by atoms with Gasteiger partial charge in [-0.3, -0.25) is 4.79 Å². The zero-order valence-corrected chi connectivity index (χ0v) is 15.1. The van der Waals surface area contributed by atoms with Gasteiger partial charge in [-0.2, -0.15) is 0 Å². The maximum atomic E-state index is 12.0. The predicted octanol–water partition coefficient (Wildman–Crippen LogP) is 3.37. The Kier molecular flexibility index (Phi) is 6.64. The second-order valence-electron chi connectivity index (χ2n) is 5.99. The van der Waals surface area contributed by atoms with E-state index in [2.05, 4.69) is 10.6 Å². The van der Waals surface area contributed by atoms with Crippen LogP contribution in [0.5, 0.6) is 0 Å². The van der Waals surface area contributed by atoms with E-state index >= 15 is 0 Å². The first kappa shape index (κ1) is 18.3. The molecule has 0 heterocycles. The summed E-state index contributed by atoms with van der Waals surface area (Å²) in [6.45, 7) is 2.83. The van der Waals surface area contributed by atoms with Crippen LogP contribution in [0.15, 0.2) is 48.5 Å². The highest BCUT2D eigenvalue weighted by atomic mass is 35.5. The Balaban J connectivity index is 1.75. The molecular formula is C19H24ClN3O. The summed E-state index contributed by atoms with van der Waals surface area (Å²) in [4.78, 5) is 14.0. The van der Waals surface area contributed by atoms with E-state index in [-0.39, 0.29) is 18.5 Å². The molecule has 0 radical (unpaired) electrons. The molecule has 0 spiro atoms. The number of hydrogen-bond acceptors (Lipinski definition) is 3. The van der Waals surface area contributed by atoms with Crippen LogP contribution in [0.3, 0.4) is 0 Å². The largest absolute Gasteiger partial charge is 0.378 e. The van der Waals surface area contributed by atoms with Gasteiger partial charge in [-0.25, -0.2) is 0 Å². The minimum absolute atomic E-state index is 0.0208. The SMILES string of the molecule is C[C@H](NCC(=O)NCc1ccc(N(C)C)cc1)c1ccc(Cl)cc1. The maximum Gasteiger partial charge on any atom is 0.234 e. The van der Waals surface area contributed by atoms with Gasteiger partial charge in [-0.05, 0) is 42.3 Å². The number of nitrogens with zero attached hydrogens (tertiary/aromatic N) is 1. The Labute approximate surface area is 148 Å². The highest BCUT2D eigenvalue weighted by molar-refractivity contribution is 6.30. The van der Waals surface area contributed by atoms with Crippen LogP contribution in [0.1, 0.15) is 24.1 Å². The van der Waals surface area contributed by atoms with E-state index in [4.69, 9.17) is 11.6 Å². The summed E-state index contributed by atoms with van der Waals surface area (Å²) in [6.07, 6.45) is 0. The third-order valence-corrected chi connectivity index (χ3v) is 4.13. The first-order chi connectivity index (χ1) is 11.5. The van der Waals surface area contributed by atoms with Crippen LogP contribution in [0.2, 0.25) is 5.02 Å². The number of rotatable bonds is 7. The Morgan fingerprint density at radius 3 is 2.29 bits per heavy atom. The molecule has 2 N–H and O–H groups in total. The second kappa shape index (κ2) is 8.71. The lowest BCUT2D eigenvalue weighted by atomic mass is 10.1. The van der Waals surface area contributed by atoms with E-state index in [1.54, 1.807) is 0 Å². The van der Waals surface area contributed by atoms with E-state index in [0.29, 0.717) is 11.6 Å². The van der Waals surface area contributed by atoms with Crippen LogP contribution in [0.4, 0.5) is 5.69 Å². The molecule has 0 saturated heterocycles. The minimum Gasteiger partial charge on any atom is -0.378 e. The van der Waals surface area contributed by atoms with Crippen molar-refractivity contribution in [2.75, 3.05) is 25.5 Å². The molecule has 0 saturated carbocycles. The molecule has 128 valence electrons. The minimum atomic E-state index is -0.0208. The topological polar surface area (TPSA) is 44.4 Å². The number of halogens is 1. The normalized spacial score (nSPS) is 11.8. The molecule has 0 aliphatic heterocycles. The fourth-order valence-electron chi connectivity index (χ4n) is 2.29. The number of anilines is 1. The lowest BCUT2D eigenvalue weighted by Crippen LogP contribution is -2.34. The van der Waals surface area contributed by atoms with E-state index in [1.807, 2.05) is 74.4 Å². The zero-order valence-electron chi connectivity index (χ0n) is 14.3. The van der Waals surface area contributed by atoms with Crippen molar-refractivity contribution in [2.45, 2.75) is 19.5 Å². The van der Waals surface area contributed by atoms with E-state index in [0.717, 1.165) is 16.8 Å². The average Bonchev–Trinajstić information content (AvgIpc) is 2.58. The monoisotopic (exact) mass is 345 g/mol. The molecule has 2 aromatic carbocycles. The van der Waals surface area contributed by atoms with Crippen molar-refractivity contribution < 1.29 is 4.79 Å². The number of hydrogen-bond donors (Lipinski definition) is 2. The van der Waals surface area contributed by atoms with Crippen LogP contribution in [0, 0.1) is 0 Å². The molecule has 0 aliphatic carbocycles. The fraction of sp³-hybridized carbons (Fsp3) is 0.316. The summed E-state index contributed by atoms with van der Waals surface area (Å²) >= 11 is 5.88. The molecule has 0 fully saturated rings. The molecule has 4 nitrogen and oxygen atoms in total. The quantitative estimate of drug-likeness (QED) is 0.808. The Bertz CT molecular complexity index is 653. The van der Waals surface area contributed by atoms with Crippen molar-refractivity contribution in [1.29, 1.82) is 0 Å². The van der Waals surface area contributed by atoms with E-state index in [9.17, 15) is 4.79 Å². The van der Waals surface area contributed by atoms with E-state index < -0.39 is 0 Å². The summed E-state index contributed by atoms with van der Waals surface area (Å²) in [6, 6.07) is 15.9. The van der Waals surface area contributed by atoms with Gasteiger partial charge in [0.15, 0.2) is 0 Å². The van der Waals surface area contributed by atoms with Crippen LogP contribution in [0.25, 0.3) is 0 Å². The summed E-state index contributed by atoms with van der Waals surface area (Å²) in [5, 5.41) is 6.86. The second-order valence-corrected chi connectivity index (χ2v) is 6.43. The summed E-state index contributed by atoms with van der Waals surface area (Å²) in [5.74, 6) is -0.0208. The molecule has 5 heteroatoms. The number of carbonyl (C=O) groups excluding carboxylic acids is 1. The predicted molar refractivity (Wildman–Crippen MR) is 100 cm³/mol. The van der Waals surface area contributed by atoms with Gasteiger partial charge < -0.3 is 15.5 Å². The lowest BCUT2D eigenvalue weighted by Gasteiger charge is -2.15. The zero-order chi connectivity index (χ0) is 17.5. The Morgan fingerprint density at radius 2 is 1.71 bits per heavy atom. The van der Waals surface area contributed by atoms with Crippen molar-refractivity contribution in [3.63, 3.8) is 0 Å². The molecule has 1 atom stereocenters. The average molecular weight is 346 g/mol. The number of carbonyl (C=O) groups is 1. The van der Waals surface area contributed by atoms with Crippen molar-refractivity contribution in [1.82, 2.24) is 10.6 Å². The van der Waals surface area contributed by atoms with Gasteiger partial charge in [-0.15, -0.1) is 0 Å². The van der Waals surface area contributed by atoms with Crippen molar-refractivity contribution in [2.24, 2.45) is 0 Å². The standard InChI is InChI=1S/C19H24ClN3O/c1-14(16-6-8-17(20)9-7-16)21-13-19(24)22-12-15-4-10-18(11-5-15)23(2)3/h4-11,14,21H,12-13H2,1-3H3,(H,22,24)/t14-/m0/s1. The molecule has 0 unspecified atom stereocenters. The van der Waals surface area contributed by atoms with Gasteiger partial charge in [-0.1, -0.05) is 35.9 Å². The van der Waals surface area contributed by atoms with Crippen LogP contribution < -0.4 is 15.5 Å². The lowest BCUT2D eigenvalue weighted by molar-refractivity contribution is -0.120. The number of amides is 1. The van der Waals surface area contributed by atoms with Gasteiger partial charge in [0, 0.05) is 37.4 Å². The third kappa shape index (κ3) is 5.55. The Hall–Kier alpha value is -2.04. The van der Waals surface area contributed by atoms with Crippen molar-refractivity contribution in [3.8, 4) is 0 Å². The molecule has 0 bridgehead atoms. The van der Waals surface area contributed by atoms with Gasteiger partial charge in [0.2, 0.25) is 5.91 Å². The molecule has 0 aromatic heterocycles. The van der Waals surface area contributed by atoms with Gasteiger partial charge in [0.1, 0.15) is 0 Å². The number of benzene rings is 2. The summed E-state index contributed by atoms with van der Waals surface area (Å²) in [7, 11) is 4.01. The fourth-order valence-corrected chi connectivity index (χ4v) is 2.42. The first-order valence-electron chi connectivity index (χ1n) is 7.97. The summed E-state index contributed by atoms with van der Waals surface area (Å²) in [5.41, 5.74) is 3.33. The third-order valence-electron chi connectivity index (χ3n) is 3.88. The molecule has 2 rings (SSSR count). The van der Waals surface area contributed by atoms with Crippen LogP contribution in [-0.2, 0) is 11.3 Å². The highest BCUT2D eigenvalue weighted by Gasteiger charge is 2.07. The van der Waals surface area contributed by atoms with Crippen LogP contribution in [-0.4, -0.2) is 26.5 Å². The first-order valence-corrected chi connectivity index (χ1v) is 8.35. The maximum absolute atomic E-state index is 12.0. The van der Waals surface area contributed by atoms with Gasteiger partial charge in [0.25, 0.3) is 0 Å². The van der Waals surface area contributed by atoms with Crippen molar-refractivity contribution >= 4 is 23.2 Å². The highest BCUT2D eigenvalue weighted by Crippen LogP contribution is 2.15. The van der Waals surface area contributed by atoms with Gasteiger partial charge in [0.05, 0.1) is 6.54 Å². The smallest absolute Gasteiger partial charge is 0.234 e. The van der Waals surface area contributed by atoms with E-state index in [1.165, 1.54) is 0 Å². The Morgan fingerprint density at radius 1 is 1.08 bits per heavy atom. The van der Waals surface area contributed by atoms with Gasteiger partial charge >= 0.3 is 0 Å². The van der Waals surface area contributed by atoms with Crippen LogP contribution >= 0.6 is 11.6 Å². The van der Waals surface area contributed by atoms with Crippen molar-refractivity contribution in [3.05, 3.63) is 64.7 Å².